The SMILES string of the molecule is CC(C)(C#N)C(=O)N1CCOCC1. The largest absolute Gasteiger partial charge is 0.378 e. The summed E-state index contributed by atoms with van der Waals surface area (Å²) in [7, 11) is 0. The number of carbonyl (C=O) groups excluding carboxylic acids is 1. The van der Waals surface area contributed by atoms with Crippen LogP contribution >= 0.6 is 0 Å². The lowest BCUT2D eigenvalue weighted by Crippen LogP contribution is -2.46. The molecule has 4 nitrogen and oxygen atoms in total. The van der Waals surface area contributed by atoms with Gasteiger partial charge in [-0.15, -0.1) is 0 Å². The van der Waals surface area contributed by atoms with Crippen LogP contribution in [0.4, 0.5) is 0 Å². The van der Waals surface area contributed by atoms with Gasteiger partial charge in [0.15, 0.2) is 0 Å². The van der Waals surface area contributed by atoms with Crippen molar-refractivity contribution < 1.29 is 9.53 Å². The van der Waals surface area contributed by atoms with E-state index in [4.69, 9.17) is 10.00 Å². The van der Waals surface area contributed by atoms with Gasteiger partial charge < -0.3 is 9.64 Å². The summed E-state index contributed by atoms with van der Waals surface area (Å²) in [6, 6.07) is 2.01. The van der Waals surface area contributed by atoms with Crippen molar-refractivity contribution in [2.45, 2.75) is 13.8 Å². The normalized spacial score (nSPS) is 18.1. The summed E-state index contributed by atoms with van der Waals surface area (Å²) in [5, 5.41) is 8.77. The fraction of sp³-hybridized carbons (Fsp3) is 0.778. The van der Waals surface area contributed by atoms with Crippen LogP contribution in [0, 0.1) is 16.7 Å². The van der Waals surface area contributed by atoms with Gasteiger partial charge in [0.05, 0.1) is 19.3 Å². The van der Waals surface area contributed by atoms with Crippen LogP contribution in [0.15, 0.2) is 0 Å². The molecule has 0 bridgehead atoms. The molecule has 0 aromatic carbocycles. The van der Waals surface area contributed by atoms with Crippen LogP contribution in [0.5, 0.6) is 0 Å². The van der Waals surface area contributed by atoms with Gasteiger partial charge in [-0.25, -0.2) is 0 Å². The lowest BCUT2D eigenvalue weighted by molar-refractivity contribution is -0.141. The molecule has 0 aliphatic carbocycles. The number of hydrogen-bond donors (Lipinski definition) is 0. The third kappa shape index (κ3) is 2.19. The Morgan fingerprint density at radius 3 is 2.46 bits per heavy atom. The molecule has 1 aliphatic heterocycles. The second-order valence-corrected chi connectivity index (χ2v) is 3.64. The van der Waals surface area contributed by atoms with Gasteiger partial charge in [0.2, 0.25) is 5.91 Å². The highest BCUT2D eigenvalue weighted by molar-refractivity contribution is 5.84. The van der Waals surface area contributed by atoms with Crippen LogP contribution in [-0.2, 0) is 9.53 Å². The summed E-state index contributed by atoms with van der Waals surface area (Å²) in [5.74, 6) is -0.0988. The topological polar surface area (TPSA) is 53.3 Å². The number of morpholine rings is 1. The van der Waals surface area contributed by atoms with E-state index in [1.807, 2.05) is 6.07 Å². The Kier molecular flexibility index (Phi) is 2.89. The van der Waals surface area contributed by atoms with Gasteiger partial charge in [-0.3, -0.25) is 4.79 Å². The van der Waals surface area contributed by atoms with Crippen molar-refractivity contribution in [2.75, 3.05) is 26.3 Å². The van der Waals surface area contributed by atoms with E-state index in [1.54, 1.807) is 18.7 Å². The molecule has 0 spiro atoms. The van der Waals surface area contributed by atoms with Gasteiger partial charge in [0, 0.05) is 13.1 Å². The highest BCUT2D eigenvalue weighted by atomic mass is 16.5. The fourth-order valence-electron chi connectivity index (χ4n) is 1.21. The first-order valence-electron chi connectivity index (χ1n) is 4.36. The first-order valence-corrected chi connectivity index (χ1v) is 4.36. The summed E-state index contributed by atoms with van der Waals surface area (Å²) in [5.41, 5.74) is -0.905. The fourth-order valence-corrected chi connectivity index (χ4v) is 1.21. The van der Waals surface area contributed by atoms with Gasteiger partial charge >= 0.3 is 0 Å². The van der Waals surface area contributed by atoms with E-state index in [9.17, 15) is 4.79 Å². The summed E-state index contributed by atoms with van der Waals surface area (Å²) in [6.07, 6.45) is 0. The molecule has 1 fully saturated rings. The highest BCUT2D eigenvalue weighted by Crippen LogP contribution is 2.17. The minimum atomic E-state index is -0.905. The lowest BCUT2D eigenvalue weighted by atomic mass is 9.94. The molecular formula is C9H14N2O2. The number of rotatable bonds is 1. The zero-order valence-electron chi connectivity index (χ0n) is 8.04. The van der Waals surface area contributed by atoms with Crippen molar-refractivity contribution >= 4 is 5.91 Å². The van der Waals surface area contributed by atoms with Gasteiger partial charge in [-0.05, 0) is 13.8 Å². The molecule has 4 heteroatoms. The van der Waals surface area contributed by atoms with Crippen molar-refractivity contribution in [1.29, 1.82) is 5.26 Å². The van der Waals surface area contributed by atoms with Crippen molar-refractivity contribution in [3.05, 3.63) is 0 Å². The van der Waals surface area contributed by atoms with Crippen molar-refractivity contribution in [1.82, 2.24) is 4.90 Å². The molecule has 1 rings (SSSR count). The molecule has 0 aromatic heterocycles. The molecule has 1 aliphatic rings. The summed E-state index contributed by atoms with van der Waals surface area (Å²) >= 11 is 0. The van der Waals surface area contributed by atoms with E-state index in [2.05, 4.69) is 0 Å². The average molecular weight is 182 g/mol. The molecule has 0 unspecified atom stereocenters. The number of hydrogen-bond acceptors (Lipinski definition) is 3. The second-order valence-electron chi connectivity index (χ2n) is 3.64. The molecule has 0 N–H and O–H groups in total. The van der Waals surface area contributed by atoms with E-state index in [-0.39, 0.29) is 5.91 Å². The summed E-state index contributed by atoms with van der Waals surface area (Å²) in [6.45, 7) is 5.64. The van der Waals surface area contributed by atoms with Crippen LogP contribution < -0.4 is 0 Å². The van der Waals surface area contributed by atoms with E-state index in [0.29, 0.717) is 26.3 Å². The third-order valence-electron chi connectivity index (χ3n) is 2.11. The average Bonchev–Trinajstić information content (AvgIpc) is 2.18. The predicted molar refractivity (Wildman–Crippen MR) is 46.8 cm³/mol. The number of amides is 1. The van der Waals surface area contributed by atoms with Gasteiger partial charge in [0.1, 0.15) is 5.41 Å². The molecule has 13 heavy (non-hydrogen) atoms. The Balaban J connectivity index is 2.61. The minimum absolute atomic E-state index is 0.0988. The first-order chi connectivity index (χ1) is 6.08. The second kappa shape index (κ2) is 3.75. The number of nitrogens with zero attached hydrogens (tertiary/aromatic N) is 2. The maximum atomic E-state index is 11.7. The van der Waals surface area contributed by atoms with Gasteiger partial charge in [-0.1, -0.05) is 0 Å². The number of carbonyl (C=O) groups is 1. The first kappa shape index (κ1) is 10.0. The molecule has 1 saturated heterocycles. The molecule has 0 radical (unpaired) electrons. The molecule has 72 valence electrons. The van der Waals surface area contributed by atoms with Gasteiger partial charge in [0.25, 0.3) is 0 Å². The van der Waals surface area contributed by atoms with Crippen LogP contribution in [0.3, 0.4) is 0 Å². The minimum Gasteiger partial charge on any atom is -0.378 e. The van der Waals surface area contributed by atoms with Crippen LogP contribution in [-0.4, -0.2) is 37.1 Å². The third-order valence-corrected chi connectivity index (χ3v) is 2.11. The van der Waals surface area contributed by atoms with E-state index >= 15 is 0 Å². The van der Waals surface area contributed by atoms with Crippen LogP contribution in [0.2, 0.25) is 0 Å². The monoisotopic (exact) mass is 182 g/mol. The summed E-state index contributed by atoms with van der Waals surface area (Å²) in [4.78, 5) is 13.4. The van der Waals surface area contributed by atoms with Gasteiger partial charge in [-0.2, -0.15) is 5.26 Å². The van der Waals surface area contributed by atoms with Crippen molar-refractivity contribution in [2.24, 2.45) is 5.41 Å². The number of nitriles is 1. The Hall–Kier alpha value is -1.08. The highest BCUT2D eigenvalue weighted by Gasteiger charge is 2.32. The molecule has 1 amide bonds. The zero-order chi connectivity index (χ0) is 9.90. The zero-order valence-corrected chi connectivity index (χ0v) is 8.04. The van der Waals surface area contributed by atoms with Crippen LogP contribution in [0.1, 0.15) is 13.8 Å². The molecule has 1 heterocycles. The molecule has 0 atom stereocenters. The Labute approximate surface area is 78.1 Å². The van der Waals surface area contributed by atoms with Crippen LogP contribution in [0.25, 0.3) is 0 Å². The number of ether oxygens (including phenoxy) is 1. The lowest BCUT2D eigenvalue weighted by Gasteiger charge is -2.30. The Bertz CT molecular complexity index is 236. The van der Waals surface area contributed by atoms with E-state index < -0.39 is 5.41 Å². The smallest absolute Gasteiger partial charge is 0.242 e. The maximum absolute atomic E-state index is 11.7. The molecular weight excluding hydrogens is 168 g/mol. The van der Waals surface area contributed by atoms with E-state index in [0.717, 1.165) is 0 Å². The predicted octanol–water partition coefficient (Wildman–Crippen LogP) is 0.395. The molecule has 0 saturated carbocycles. The summed E-state index contributed by atoms with van der Waals surface area (Å²) < 4.78 is 5.12. The van der Waals surface area contributed by atoms with E-state index in [1.165, 1.54) is 0 Å². The van der Waals surface area contributed by atoms with Crippen molar-refractivity contribution in [3.8, 4) is 6.07 Å². The molecule has 0 aromatic rings. The quantitative estimate of drug-likeness (QED) is 0.589. The standard InChI is InChI=1S/C9H14N2O2/c1-9(2,7-10)8(12)11-3-5-13-6-4-11/h3-6H2,1-2H3. The Morgan fingerprint density at radius 1 is 1.46 bits per heavy atom. The maximum Gasteiger partial charge on any atom is 0.242 e. The van der Waals surface area contributed by atoms with Crippen molar-refractivity contribution in [3.63, 3.8) is 0 Å². The Morgan fingerprint density at radius 2 is 2.00 bits per heavy atom.